The number of nitrogens with one attached hydrogen (secondary N) is 4. The molecule has 16 nitrogen and oxygen atoms in total. The summed E-state index contributed by atoms with van der Waals surface area (Å²) in [7, 11) is 0. The van der Waals surface area contributed by atoms with Crippen LogP contribution in [0.3, 0.4) is 0 Å². The molecule has 3 aromatic rings. The fourth-order valence-corrected chi connectivity index (χ4v) is 4.22. The standard InChI is InChI=1S/C39H55N7O9/c1-22(2)19-51-25-13-28(34(47)43-30-15-26(52-20-23(3)4)17-32(41-30)45-36(49)54-38(7,8)9)40-29(14-25)35(48)44-31-16-27(53-21-24(5)6)18-33(42-31)46-37(50)55-39(10,11)12/h13-18,22-24H,19-21H2,1-12H3,(H2,41,43,45,47,49)(H2,42,44,46,48,50). The van der Waals surface area contributed by atoms with Gasteiger partial charge in [0.05, 0.1) is 19.8 Å². The number of rotatable bonds is 15. The molecule has 300 valence electrons. The van der Waals surface area contributed by atoms with Gasteiger partial charge in [-0.05, 0) is 59.3 Å². The van der Waals surface area contributed by atoms with Gasteiger partial charge in [-0.25, -0.2) is 24.5 Å². The molecule has 0 bridgehead atoms. The molecule has 0 spiro atoms. The van der Waals surface area contributed by atoms with Gasteiger partial charge in [-0.1, -0.05) is 41.5 Å². The molecule has 0 aliphatic heterocycles. The maximum absolute atomic E-state index is 13.7. The van der Waals surface area contributed by atoms with Gasteiger partial charge in [0.25, 0.3) is 11.8 Å². The zero-order chi connectivity index (χ0) is 41.1. The molecule has 16 heteroatoms. The lowest BCUT2D eigenvalue weighted by Gasteiger charge is -2.20. The average molecular weight is 766 g/mol. The number of nitrogens with zero attached hydrogens (tertiary/aromatic N) is 3. The van der Waals surface area contributed by atoms with Crippen molar-refractivity contribution < 1.29 is 42.9 Å². The van der Waals surface area contributed by atoms with Crippen LogP contribution in [-0.2, 0) is 9.47 Å². The third-order valence-electron chi connectivity index (χ3n) is 6.35. The van der Waals surface area contributed by atoms with Crippen LogP contribution in [0.1, 0.15) is 104 Å². The number of anilines is 4. The Labute approximate surface area is 322 Å². The summed E-state index contributed by atoms with van der Waals surface area (Å²) in [4.78, 5) is 65.5. The maximum atomic E-state index is 13.7. The van der Waals surface area contributed by atoms with Gasteiger partial charge in [0.15, 0.2) is 0 Å². The molecule has 0 unspecified atom stereocenters. The van der Waals surface area contributed by atoms with E-state index in [4.69, 9.17) is 23.7 Å². The minimum absolute atomic E-state index is 0.0334. The van der Waals surface area contributed by atoms with Crippen LogP contribution >= 0.6 is 0 Å². The number of amides is 4. The molecule has 0 atom stereocenters. The summed E-state index contributed by atoms with van der Waals surface area (Å²) < 4.78 is 28.4. The van der Waals surface area contributed by atoms with Crippen LogP contribution < -0.4 is 35.5 Å². The molecule has 55 heavy (non-hydrogen) atoms. The van der Waals surface area contributed by atoms with Crippen molar-refractivity contribution in [1.29, 1.82) is 0 Å². The van der Waals surface area contributed by atoms with Crippen molar-refractivity contribution in [3.63, 3.8) is 0 Å². The van der Waals surface area contributed by atoms with Crippen molar-refractivity contribution in [3.8, 4) is 17.2 Å². The SMILES string of the molecule is CC(C)COc1cc(NC(=O)OC(C)(C)C)nc(NC(=O)c2cc(OCC(C)C)cc(C(=O)Nc3cc(OCC(C)C)cc(NC(=O)OC(C)(C)C)n3)n2)c1. The molecule has 4 amide bonds. The summed E-state index contributed by atoms with van der Waals surface area (Å²) in [6.07, 6.45) is -1.49. The lowest BCUT2D eigenvalue weighted by molar-refractivity contribution is 0.0624. The van der Waals surface area contributed by atoms with Crippen molar-refractivity contribution in [3.05, 3.63) is 47.8 Å². The van der Waals surface area contributed by atoms with E-state index >= 15 is 0 Å². The molecule has 0 fully saturated rings. The molecule has 0 aliphatic rings. The Morgan fingerprint density at radius 1 is 0.491 bits per heavy atom. The van der Waals surface area contributed by atoms with E-state index in [2.05, 4.69) is 36.2 Å². The minimum Gasteiger partial charge on any atom is -0.493 e. The molecule has 0 aromatic carbocycles. The van der Waals surface area contributed by atoms with E-state index in [-0.39, 0.29) is 58.2 Å². The lowest BCUT2D eigenvalue weighted by atomic mass is 10.2. The van der Waals surface area contributed by atoms with Crippen LogP contribution in [0.25, 0.3) is 0 Å². The second-order valence-electron chi connectivity index (χ2n) is 16.0. The number of aromatic nitrogens is 3. The van der Waals surface area contributed by atoms with Gasteiger partial charge in [-0.15, -0.1) is 0 Å². The fraction of sp³-hybridized carbons (Fsp3) is 0.513. The van der Waals surface area contributed by atoms with E-state index in [1.54, 1.807) is 41.5 Å². The number of carbonyl (C=O) groups is 4. The Kier molecular flexibility index (Phi) is 15.2. The first-order valence-corrected chi connectivity index (χ1v) is 18.1. The number of pyridine rings is 3. The molecule has 0 saturated carbocycles. The monoisotopic (exact) mass is 765 g/mol. The average Bonchev–Trinajstić information content (AvgIpc) is 3.03. The summed E-state index contributed by atoms with van der Waals surface area (Å²) in [6, 6.07) is 8.80. The van der Waals surface area contributed by atoms with Crippen molar-refractivity contribution in [2.75, 3.05) is 41.1 Å². The van der Waals surface area contributed by atoms with Crippen LogP contribution in [0.5, 0.6) is 17.2 Å². The molecule has 3 aromatic heterocycles. The highest BCUT2D eigenvalue weighted by molar-refractivity contribution is 6.06. The maximum Gasteiger partial charge on any atom is 0.413 e. The Morgan fingerprint density at radius 3 is 1.07 bits per heavy atom. The van der Waals surface area contributed by atoms with Crippen molar-refractivity contribution in [2.24, 2.45) is 17.8 Å². The van der Waals surface area contributed by atoms with E-state index in [1.165, 1.54) is 36.4 Å². The van der Waals surface area contributed by atoms with Crippen molar-refractivity contribution in [1.82, 2.24) is 15.0 Å². The lowest BCUT2D eigenvalue weighted by Crippen LogP contribution is -2.27. The fourth-order valence-electron chi connectivity index (χ4n) is 4.22. The van der Waals surface area contributed by atoms with Crippen LogP contribution in [0, 0.1) is 17.8 Å². The first-order chi connectivity index (χ1) is 25.5. The second kappa shape index (κ2) is 19.1. The van der Waals surface area contributed by atoms with E-state index in [0.29, 0.717) is 31.3 Å². The third-order valence-corrected chi connectivity index (χ3v) is 6.35. The predicted molar refractivity (Wildman–Crippen MR) is 209 cm³/mol. The van der Waals surface area contributed by atoms with Gasteiger partial charge >= 0.3 is 12.2 Å². The zero-order valence-electron chi connectivity index (χ0n) is 33.8. The van der Waals surface area contributed by atoms with Gasteiger partial charge in [-0.2, -0.15) is 0 Å². The Hall–Kier alpha value is -5.67. The summed E-state index contributed by atoms with van der Waals surface area (Å²) >= 11 is 0. The van der Waals surface area contributed by atoms with Gasteiger partial charge in [0.1, 0.15) is 63.1 Å². The Morgan fingerprint density at radius 2 is 0.782 bits per heavy atom. The largest absolute Gasteiger partial charge is 0.493 e. The molecular weight excluding hydrogens is 710 g/mol. The number of ether oxygens (including phenoxy) is 5. The summed E-state index contributed by atoms with van der Waals surface area (Å²) in [5.74, 6) is 0.131. The highest BCUT2D eigenvalue weighted by Gasteiger charge is 2.22. The first-order valence-electron chi connectivity index (χ1n) is 18.1. The van der Waals surface area contributed by atoms with E-state index in [9.17, 15) is 19.2 Å². The van der Waals surface area contributed by atoms with Gasteiger partial charge in [0.2, 0.25) is 0 Å². The van der Waals surface area contributed by atoms with E-state index in [0.717, 1.165) is 0 Å². The molecule has 4 N–H and O–H groups in total. The van der Waals surface area contributed by atoms with Crippen LogP contribution in [-0.4, -0.2) is 70.0 Å². The topological polar surface area (TPSA) is 201 Å². The van der Waals surface area contributed by atoms with Crippen LogP contribution in [0.15, 0.2) is 36.4 Å². The molecule has 3 heterocycles. The number of carbonyl (C=O) groups excluding carboxylic acids is 4. The van der Waals surface area contributed by atoms with Crippen molar-refractivity contribution in [2.45, 2.75) is 94.3 Å². The summed E-state index contributed by atoms with van der Waals surface area (Å²) in [6.45, 7) is 23.2. The summed E-state index contributed by atoms with van der Waals surface area (Å²) in [5, 5.41) is 10.5. The highest BCUT2D eigenvalue weighted by Crippen LogP contribution is 2.26. The van der Waals surface area contributed by atoms with Crippen LogP contribution in [0.2, 0.25) is 0 Å². The van der Waals surface area contributed by atoms with Crippen LogP contribution in [0.4, 0.5) is 32.9 Å². The van der Waals surface area contributed by atoms with Gasteiger partial charge < -0.3 is 34.3 Å². The molecule has 0 saturated heterocycles. The molecule has 0 aliphatic carbocycles. The second-order valence-corrected chi connectivity index (χ2v) is 16.0. The molecule has 0 radical (unpaired) electrons. The normalized spacial score (nSPS) is 11.5. The van der Waals surface area contributed by atoms with Gasteiger partial charge in [-0.3, -0.25) is 20.2 Å². The third kappa shape index (κ3) is 16.5. The smallest absolute Gasteiger partial charge is 0.413 e. The van der Waals surface area contributed by atoms with E-state index < -0.39 is 35.2 Å². The minimum atomic E-state index is -0.759. The van der Waals surface area contributed by atoms with E-state index in [1.807, 2.05) is 41.5 Å². The highest BCUT2D eigenvalue weighted by atomic mass is 16.6. The first kappa shape index (κ1) is 43.7. The number of hydrogen-bond donors (Lipinski definition) is 4. The Bertz CT molecular complexity index is 1690. The quantitative estimate of drug-likeness (QED) is 0.116. The molecule has 3 rings (SSSR count). The molecular formula is C39H55N7O9. The Balaban J connectivity index is 1.96. The van der Waals surface area contributed by atoms with Gasteiger partial charge in [0, 0.05) is 36.4 Å². The predicted octanol–water partition coefficient (Wildman–Crippen LogP) is 8.17. The number of hydrogen-bond acceptors (Lipinski definition) is 12. The zero-order valence-corrected chi connectivity index (χ0v) is 33.8. The van der Waals surface area contributed by atoms with Crippen molar-refractivity contribution >= 4 is 47.3 Å². The summed E-state index contributed by atoms with van der Waals surface area (Å²) in [5.41, 5.74) is -1.86.